The molecule has 2 atom stereocenters. The SMILES string of the molecule is CC1CN(C(=O)CSc2nc3ccccc3o2)CC(C)O1. The number of fused-ring (bicyclic) bond motifs is 1. The maximum Gasteiger partial charge on any atom is 0.257 e. The third-order valence-corrected chi connectivity index (χ3v) is 4.18. The second kappa shape index (κ2) is 6.07. The molecule has 1 fully saturated rings. The van der Waals surface area contributed by atoms with Crippen molar-refractivity contribution in [1.29, 1.82) is 0 Å². The van der Waals surface area contributed by atoms with E-state index in [9.17, 15) is 4.79 Å². The lowest BCUT2D eigenvalue weighted by atomic mass is 10.2. The van der Waals surface area contributed by atoms with Crippen molar-refractivity contribution in [3.05, 3.63) is 24.3 Å². The van der Waals surface area contributed by atoms with Gasteiger partial charge < -0.3 is 14.1 Å². The molecule has 5 nitrogen and oxygen atoms in total. The van der Waals surface area contributed by atoms with Crippen LogP contribution in [0.4, 0.5) is 0 Å². The van der Waals surface area contributed by atoms with Gasteiger partial charge in [-0.05, 0) is 26.0 Å². The molecule has 2 unspecified atom stereocenters. The molecule has 112 valence electrons. The predicted octanol–water partition coefficient (Wildman–Crippen LogP) is 2.56. The summed E-state index contributed by atoms with van der Waals surface area (Å²) in [5.41, 5.74) is 1.57. The smallest absolute Gasteiger partial charge is 0.257 e. The predicted molar refractivity (Wildman–Crippen MR) is 81.3 cm³/mol. The molecular formula is C15H18N2O3S. The molecule has 1 aliphatic heterocycles. The summed E-state index contributed by atoms with van der Waals surface area (Å²) in [5.74, 6) is 0.441. The van der Waals surface area contributed by atoms with Crippen LogP contribution in [0.5, 0.6) is 0 Å². The molecule has 21 heavy (non-hydrogen) atoms. The first-order valence-corrected chi connectivity index (χ1v) is 8.02. The third kappa shape index (κ3) is 3.39. The minimum Gasteiger partial charge on any atom is -0.431 e. The van der Waals surface area contributed by atoms with Crippen molar-refractivity contribution in [3.8, 4) is 0 Å². The molecule has 0 spiro atoms. The summed E-state index contributed by atoms with van der Waals surface area (Å²) in [4.78, 5) is 18.5. The fourth-order valence-corrected chi connectivity index (χ4v) is 3.25. The van der Waals surface area contributed by atoms with Crippen LogP contribution in [0.25, 0.3) is 11.1 Å². The van der Waals surface area contributed by atoms with Crippen LogP contribution in [0.15, 0.2) is 33.9 Å². The van der Waals surface area contributed by atoms with Crippen molar-refractivity contribution in [2.24, 2.45) is 0 Å². The number of hydrogen-bond donors (Lipinski definition) is 0. The first kappa shape index (κ1) is 14.4. The molecule has 1 aliphatic rings. The van der Waals surface area contributed by atoms with Crippen LogP contribution in [0.2, 0.25) is 0 Å². The van der Waals surface area contributed by atoms with E-state index in [1.165, 1.54) is 11.8 Å². The van der Waals surface area contributed by atoms with Gasteiger partial charge in [0.15, 0.2) is 5.58 Å². The first-order valence-electron chi connectivity index (χ1n) is 7.03. The number of carbonyl (C=O) groups excluding carboxylic acids is 1. The number of oxazole rings is 1. The van der Waals surface area contributed by atoms with Gasteiger partial charge in [0.25, 0.3) is 5.22 Å². The van der Waals surface area contributed by atoms with Gasteiger partial charge in [-0.3, -0.25) is 4.79 Å². The molecule has 2 aromatic rings. The van der Waals surface area contributed by atoms with E-state index in [0.29, 0.717) is 24.1 Å². The summed E-state index contributed by atoms with van der Waals surface area (Å²) in [6.45, 7) is 5.28. The Balaban J connectivity index is 1.60. The first-order chi connectivity index (χ1) is 10.1. The highest BCUT2D eigenvalue weighted by Crippen LogP contribution is 2.23. The van der Waals surface area contributed by atoms with Gasteiger partial charge in [-0.15, -0.1) is 0 Å². The van der Waals surface area contributed by atoms with E-state index in [1.54, 1.807) is 0 Å². The van der Waals surface area contributed by atoms with Crippen LogP contribution < -0.4 is 0 Å². The molecule has 0 saturated carbocycles. The zero-order valence-corrected chi connectivity index (χ0v) is 12.9. The quantitative estimate of drug-likeness (QED) is 0.816. The molecule has 2 heterocycles. The van der Waals surface area contributed by atoms with E-state index in [2.05, 4.69) is 4.98 Å². The summed E-state index contributed by atoms with van der Waals surface area (Å²) in [5, 5.41) is 0.541. The number of rotatable bonds is 3. The van der Waals surface area contributed by atoms with Crippen molar-refractivity contribution in [1.82, 2.24) is 9.88 Å². The summed E-state index contributed by atoms with van der Waals surface area (Å²) >= 11 is 1.34. The van der Waals surface area contributed by atoms with Crippen LogP contribution in [0.1, 0.15) is 13.8 Å². The fourth-order valence-electron chi connectivity index (χ4n) is 2.51. The molecule has 0 bridgehead atoms. The summed E-state index contributed by atoms with van der Waals surface area (Å²) in [7, 11) is 0. The van der Waals surface area contributed by atoms with E-state index in [-0.39, 0.29) is 18.1 Å². The average molecular weight is 306 g/mol. The maximum absolute atomic E-state index is 12.3. The number of carbonyl (C=O) groups is 1. The van der Waals surface area contributed by atoms with Crippen LogP contribution in [0.3, 0.4) is 0 Å². The number of morpholine rings is 1. The van der Waals surface area contributed by atoms with Gasteiger partial charge in [0.2, 0.25) is 5.91 Å². The van der Waals surface area contributed by atoms with Gasteiger partial charge in [-0.2, -0.15) is 0 Å². The van der Waals surface area contributed by atoms with E-state index < -0.39 is 0 Å². The molecule has 1 aromatic carbocycles. The van der Waals surface area contributed by atoms with Gasteiger partial charge in [0.1, 0.15) is 5.52 Å². The zero-order chi connectivity index (χ0) is 14.8. The van der Waals surface area contributed by atoms with Gasteiger partial charge in [-0.25, -0.2) is 4.98 Å². The summed E-state index contributed by atoms with van der Waals surface area (Å²) in [6, 6.07) is 7.60. The molecule has 3 rings (SSSR count). The number of ether oxygens (including phenoxy) is 1. The largest absolute Gasteiger partial charge is 0.431 e. The highest BCUT2D eigenvalue weighted by Gasteiger charge is 2.26. The third-order valence-electron chi connectivity index (χ3n) is 3.37. The number of benzene rings is 1. The summed E-state index contributed by atoms with van der Waals surface area (Å²) in [6.07, 6.45) is 0.180. The second-order valence-electron chi connectivity index (χ2n) is 5.29. The Morgan fingerprint density at radius 3 is 2.76 bits per heavy atom. The molecule has 0 aliphatic carbocycles. The fraction of sp³-hybridized carbons (Fsp3) is 0.467. The van der Waals surface area contributed by atoms with E-state index in [0.717, 1.165) is 11.1 Å². The standard InChI is InChI=1S/C15H18N2O3S/c1-10-7-17(8-11(2)19-10)14(18)9-21-15-16-12-5-3-4-6-13(12)20-15/h3-6,10-11H,7-9H2,1-2H3. The molecule has 1 saturated heterocycles. The molecule has 0 N–H and O–H groups in total. The van der Waals surface area contributed by atoms with Crippen molar-refractivity contribution >= 4 is 28.8 Å². The number of hydrogen-bond acceptors (Lipinski definition) is 5. The molecule has 0 radical (unpaired) electrons. The van der Waals surface area contributed by atoms with E-state index in [4.69, 9.17) is 9.15 Å². The number of thioether (sulfide) groups is 1. The Morgan fingerprint density at radius 2 is 2.05 bits per heavy atom. The van der Waals surface area contributed by atoms with E-state index in [1.807, 2.05) is 43.0 Å². The normalized spacial score (nSPS) is 22.7. The maximum atomic E-state index is 12.3. The number of aromatic nitrogens is 1. The van der Waals surface area contributed by atoms with Crippen molar-refractivity contribution < 1.29 is 13.9 Å². The topological polar surface area (TPSA) is 55.6 Å². The zero-order valence-electron chi connectivity index (χ0n) is 12.1. The Bertz CT molecular complexity index is 600. The lowest BCUT2D eigenvalue weighted by molar-refractivity contribution is -0.140. The van der Waals surface area contributed by atoms with Gasteiger partial charge in [0, 0.05) is 13.1 Å². The summed E-state index contributed by atoms with van der Waals surface area (Å²) < 4.78 is 11.2. The highest BCUT2D eigenvalue weighted by molar-refractivity contribution is 7.99. The van der Waals surface area contributed by atoms with E-state index >= 15 is 0 Å². The Hall–Kier alpha value is -1.53. The highest BCUT2D eigenvalue weighted by atomic mass is 32.2. The van der Waals surface area contributed by atoms with Gasteiger partial charge in [-0.1, -0.05) is 23.9 Å². The van der Waals surface area contributed by atoms with Crippen molar-refractivity contribution in [2.75, 3.05) is 18.8 Å². The van der Waals surface area contributed by atoms with Gasteiger partial charge in [0.05, 0.1) is 18.0 Å². The van der Waals surface area contributed by atoms with Crippen LogP contribution in [-0.2, 0) is 9.53 Å². The average Bonchev–Trinajstić information content (AvgIpc) is 2.86. The Kier molecular flexibility index (Phi) is 4.17. The number of amides is 1. The van der Waals surface area contributed by atoms with Gasteiger partial charge >= 0.3 is 0 Å². The van der Waals surface area contributed by atoms with Crippen LogP contribution in [-0.4, -0.2) is 46.8 Å². The minimum absolute atomic E-state index is 0.0898. The minimum atomic E-state index is 0.0898. The van der Waals surface area contributed by atoms with Crippen LogP contribution in [0, 0.1) is 0 Å². The van der Waals surface area contributed by atoms with Crippen molar-refractivity contribution in [2.45, 2.75) is 31.3 Å². The second-order valence-corrected chi connectivity index (χ2v) is 6.22. The molecular weight excluding hydrogens is 288 g/mol. The molecule has 1 amide bonds. The monoisotopic (exact) mass is 306 g/mol. The lowest BCUT2D eigenvalue weighted by Crippen LogP contribution is -2.48. The molecule has 1 aromatic heterocycles. The van der Waals surface area contributed by atoms with Crippen molar-refractivity contribution in [3.63, 3.8) is 0 Å². The Labute approximate surface area is 127 Å². The Morgan fingerprint density at radius 1 is 1.33 bits per heavy atom. The number of nitrogens with zero attached hydrogens (tertiary/aromatic N) is 2. The van der Waals surface area contributed by atoms with Crippen LogP contribution >= 0.6 is 11.8 Å². The number of para-hydroxylation sites is 2. The molecule has 6 heteroatoms. The lowest BCUT2D eigenvalue weighted by Gasteiger charge is -2.35.